The SMILES string of the molecule is CC(C)[C@@H]1CC[C@@H](C)C[C@H]1OC(=O)N1C=C([Si](C(C)C)(C(C)C)C(C)C)C(=O)C[C@H]1C. The van der Waals surface area contributed by atoms with Gasteiger partial charge in [0.2, 0.25) is 0 Å². The highest BCUT2D eigenvalue weighted by Crippen LogP contribution is 2.48. The Morgan fingerprint density at radius 1 is 1.00 bits per heavy atom. The highest BCUT2D eigenvalue weighted by atomic mass is 28.3. The quantitative estimate of drug-likeness (QED) is 0.398. The number of Topliss-reactive ketones (excluding diaryl/α,β-unsaturated/α-hetero) is 1. The molecule has 2 aliphatic rings. The maximum atomic E-state index is 13.4. The summed E-state index contributed by atoms with van der Waals surface area (Å²) in [7, 11) is -2.14. The number of ketones is 1. The summed E-state index contributed by atoms with van der Waals surface area (Å²) in [6.07, 6.45) is 5.30. The highest BCUT2D eigenvalue weighted by Gasteiger charge is 2.50. The van der Waals surface area contributed by atoms with E-state index in [0.717, 1.165) is 18.0 Å². The van der Waals surface area contributed by atoms with Crippen molar-refractivity contribution in [3.63, 3.8) is 0 Å². The van der Waals surface area contributed by atoms with Crippen LogP contribution in [0.1, 0.15) is 94.9 Å². The standard InChI is InChI=1S/C26H47NO3Si/c1-16(2)22-12-11-20(9)13-24(22)30-26(29)27-15-25(23(28)14-21(27)10)31(17(3)4,18(5)6)19(7)8/h15-22,24H,11-14H2,1-10H3/t20-,21-,22+,24-/m1/s1. The number of nitrogens with zero attached hydrogens (tertiary/aromatic N) is 1. The molecule has 1 aliphatic carbocycles. The van der Waals surface area contributed by atoms with Crippen LogP contribution in [0.4, 0.5) is 4.79 Å². The summed E-state index contributed by atoms with van der Waals surface area (Å²) in [5, 5.41) is 0.944. The van der Waals surface area contributed by atoms with Gasteiger partial charge in [-0.2, -0.15) is 0 Å². The molecule has 0 unspecified atom stereocenters. The predicted molar refractivity (Wildman–Crippen MR) is 132 cm³/mol. The molecule has 4 atom stereocenters. The summed E-state index contributed by atoms with van der Waals surface area (Å²) in [6, 6.07) is -0.152. The van der Waals surface area contributed by atoms with Gasteiger partial charge in [0.05, 0.1) is 0 Å². The van der Waals surface area contributed by atoms with Crippen LogP contribution >= 0.6 is 0 Å². The van der Waals surface area contributed by atoms with Crippen LogP contribution in [0.5, 0.6) is 0 Å². The van der Waals surface area contributed by atoms with E-state index >= 15 is 0 Å². The third-order valence-corrected chi connectivity index (χ3v) is 15.4. The molecular weight excluding hydrogens is 402 g/mol. The Labute approximate surface area is 192 Å². The van der Waals surface area contributed by atoms with E-state index in [0.29, 0.717) is 40.8 Å². The van der Waals surface area contributed by atoms with Crippen molar-refractivity contribution in [2.45, 2.75) is 124 Å². The number of allylic oxidation sites excluding steroid dienone is 1. The molecule has 0 aromatic heterocycles. The summed E-state index contributed by atoms with van der Waals surface area (Å²) in [5.74, 6) is 1.74. The monoisotopic (exact) mass is 449 g/mol. The molecule has 1 fully saturated rings. The van der Waals surface area contributed by atoms with Gasteiger partial charge in [-0.15, -0.1) is 0 Å². The lowest BCUT2D eigenvalue weighted by Crippen LogP contribution is -2.53. The van der Waals surface area contributed by atoms with Gasteiger partial charge >= 0.3 is 6.09 Å². The molecule has 2 rings (SSSR count). The molecule has 0 aromatic rings. The Morgan fingerprint density at radius 2 is 1.55 bits per heavy atom. The minimum atomic E-state index is -2.14. The van der Waals surface area contributed by atoms with Crippen LogP contribution in [0, 0.1) is 17.8 Å². The fourth-order valence-electron chi connectivity index (χ4n) is 6.77. The van der Waals surface area contributed by atoms with Crippen molar-refractivity contribution in [3.8, 4) is 0 Å². The van der Waals surface area contributed by atoms with Gasteiger partial charge in [-0.05, 0) is 59.3 Å². The maximum absolute atomic E-state index is 13.4. The smallest absolute Gasteiger partial charge is 0.414 e. The van der Waals surface area contributed by atoms with Gasteiger partial charge in [0.1, 0.15) is 14.2 Å². The molecule has 0 N–H and O–H groups in total. The molecule has 0 saturated heterocycles. The maximum Gasteiger partial charge on any atom is 0.414 e. The predicted octanol–water partition coefficient (Wildman–Crippen LogP) is 7.35. The average molecular weight is 450 g/mol. The highest BCUT2D eigenvalue weighted by molar-refractivity contribution is 6.93. The van der Waals surface area contributed by atoms with Crippen molar-refractivity contribution in [2.24, 2.45) is 17.8 Å². The molecule has 0 aromatic carbocycles. The van der Waals surface area contributed by atoms with Crippen molar-refractivity contribution >= 4 is 20.0 Å². The van der Waals surface area contributed by atoms with Gasteiger partial charge in [-0.1, -0.05) is 68.7 Å². The van der Waals surface area contributed by atoms with Crippen molar-refractivity contribution in [3.05, 3.63) is 11.4 Å². The Hall–Kier alpha value is -1.10. The number of rotatable bonds is 6. The molecule has 0 spiro atoms. The first-order valence-electron chi connectivity index (χ1n) is 12.6. The Kier molecular flexibility index (Phi) is 8.63. The van der Waals surface area contributed by atoms with Crippen molar-refractivity contribution < 1.29 is 14.3 Å². The third-order valence-electron chi connectivity index (χ3n) is 8.28. The van der Waals surface area contributed by atoms with Crippen molar-refractivity contribution in [1.29, 1.82) is 0 Å². The van der Waals surface area contributed by atoms with Crippen LogP contribution in [0.15, 0.2) is 11.4 Å². The number of carbonyl (C=O) groups is 2. The molecule has 1 amide bonds. The van der Waals surface area contributed by atoms with E-state index in [4.69, 9.17) is 4.74 Å². The van der Waals surface area contributed by atoms with Crippen LogP contribution < -0.4 is 0 Å². The molecule has 0 radical (unpaired) electrons. The Balaban J connectivity index is 2.39. The molecular formula is C26H47NO3Si. The zero-order chi connectivity index (χ0) is 23.7. The lowest BCUT2D eigenvalue weighted by atomic mass is 9.75. The lowest BCUT2D eigenvalue weighted by Gasteiger charge is -2.47. The number of amides is 1. The van der Waals surface area contributed by atoms with Gasteiger partial charge in [-0.3, -0.25) is 9.69 Å². The molecule has 1 saturated carbocycles. The van der Waals surface area contributed by atoms with Gasteiger partial charge < -0.3 is 4.74 Å². The molecule has 1 heterocycles. The zero-order valence-electron chi connectivity index (χ0n) is 21.7. The average Bonchev–Trinajstić information content (AvgIpc) is 2.62. The second kappa shape index (κ2) is 10.2. The lowest BCUT2D eigenvalue weighted by molar-refractivity contribution is -0.116. The molecule has 0 bridgehead atoms. The second-order valence-corrected chi connectivity index (χ2v) is 17.4. The van der Waals surface area contributed by atoms with E-state index in [-0.39, 0.29) is 24.0 Å². The summed E-state index contributed by atoms with van der Waals surface area (Å²) < 4.78 is 6.17. The summed E-state index contributed by atoms with van der Waals surface area (Å²) in [6.45, 7) is 22.3. The largest absolute Gasteiger partial charge is 0.446 e. The van der Waals surface area contributed by atoms with Crippen LogP contribution in [0.2, 0.25) is 16.6 Å². The van der Waals surface area contributed by atoms with E-state index in [1.807, 2.05) is 13.1 Å². The fraction of sp³-hybridized carbons (Fsp3) is 0.846. The first-order valence-corrected chi connectivity index (χ1v) is 14.8. The fourth-order valence-corrected chi connectivity index (χ4v) is 13.6. The van der Waals surface area contributed by atoms with E-state index in [9.17, 15) is 9.59 Å². The van der Waals surface area contributed by atoms with Gasteiger partial charge in [0.25, 0.3) is 0 Å². The topological polar surface area (TPSA) is 46.6 Å². The molecule has 1 aliphatic heterocycles. The minimum absolute atomic E-state index is 0.0276. The second-order valence-electron chi connectivity index (χ2n) is 11.6. The van der Waals surface area contributed by atoms with Crippen LogP contribution in [0.25, 0.3) is 0 Å². The van der Waals surface area contributed by atoms with Gasteiger partial charge in [-0.25, -0.2) is 4.79 Å². The molecule has 4 nitrogen and oxygen atoms in total. The minimum Gasteiger partial charge on any atom is -0.446 e. The molecule has 178 valence electrons. The molecule has 5 heteroatoms. The van der Waals surface area contributed by atoms with Crippen LogP contribution in [0.3, 0.4) is 0 Å². The Bertz CT molecular complexity index is 660. The number of ether oxygens (including phenoxy) is 1. The van der Waals surface area contributed by atoms with Gasteiger partial charge in [0.15, 0.2) is 5.78 Å². The number of carbonyl (C=O) groups excluding carboxylic acids is 2. The summed E-state index contributed by atoms with van der Waals surface area (Å²) in [4.78, 5) is 28.5. The van der Waals surface area contributed by atoms with E-state index in [2.05, 4.69) is 62.3 Å². The van der Waals surface area contributed by atoms with Crippen molar-refractivity contribution in [2.75, 3.05) is 0 Å². The van der Waals surface area contributed by atoms with E-state index in [1.54, 1.807) is 4.90 Å². The number of hydrogen-bond donors (Lipinski definition) is 0. The zero-order valence-corrected chi connectivity index (χ0v) is 22.7. The van der Waals surface area contributed by atoms with E-state index < -0.39 is 8.07 Å². The first kappa shape index (κ1) is 26.2. The summed E-state index contributed by atoms with van der Waals surface area (Å²) in [5.41, 5.74) is 1.29. The Morgan fingerprint density at radius 3 is 2.03 bits per heavy atom. The normalized spacial score (nSPS) is 28.0. The first-order chi connectivity index (χ1) is 14.3. The van der Waals surface area contributed by atoms with Crippen LogP contribution in [-0.2, 0) is 9.53 Å². The summed E-state index contributed by atoms with van der Waals surface area (Å²) >= 11 is 0. The number of hydrogen-bond acceptors (Lipinski definition) is 3. The third kappa shape index (κ3) is 5.12. The molecule has 31 heavy (non-hydrogen) atoms. The van der Waals surface area contributed by atoms with Crippen molar-refractivity contribution in [1.82, 2.24) is 4.90 Å². The van der Waals surface area contributed by atoms with E-state index in [1.165, 1.54) is 6.42 Å². The van der Waals surface area contributed by atoms with Crippen LogP contribution in [-0.4, -0.2) is 37.0 Å². The van der Waals surface area contributed by atoms with Gasteiger partial charge in [0, 0.05) is 18.7 Å².